The van der Waals surface area contributed by atoms with Gasteiger partial charge in [0, 0.05) is 16.8 Å². The van der Waals surface area contributed by atoms with E-state index in [4.69, 9.17) is 11.6 Å². The van der Waals surface area contributed by atoms with Crippen molar-refractivity contribution in [3.05, 3.63) is 70.2 Å². The fourth-order valence-corrected chi connectivity index (χ4v) is 3.19. The van der Waals surface area contributed by atoms with Crippen LogP contribution in [0.5, 0.6) is 0 Å². The second-order valence-electron chi connectivity index (χ2n) is 5.52. The van der Waals surface area contributed by atoms with Gasteiger partial charge in [0.15, 0.2) is 9.84 Å². The molecule has 0 saturated carbocycles. The van der Waals surface area contributed by atoms with Gasteiger partial charge in [-0.25, -0.2) is 8.42 Å². The first-order valence-corrected chi connectivity index (χ1v) is 9.51. The van der Waals surface area contributed by atoms with Crippen molar-refractivity contribution in [3.8, 4) is 0 Å². The van der Waals surface area contributed by atoms with E-state index < -0.39 is 9.84 Å². The van der Waals surface area contributed by atoms with Crippen molar-refractivity contribution < 1.29 is 13.2 Å². The summed E-state index contributed by atoms with van der Waals surface area (Å²) < 4.78 is 22.5. The number of carbonyl (C=O) groups excluding carboxylic acids is 1. The number of carbonyl (C=O) groups is 1. The van der Waals surface area contributed by atoms with Gasteiger partial charge in [-0.3, -0.25) is 4.79 Å². The van der Waals surface area contributed by atoms with Crippen molar-refractivity contribution in [3.63, 3.8) is 0 Å². The van der Waals surface area contributed by atoms with Crippen LogP contribution in [0.25, 0.3) is 0 Å². The minimum Gasteiger partial charge on any atom is -0.346 e. The van der Waals surface area contributed by atoms with Crippen molar-refractivity contribution in [1.29, 1.82) is 0 Å². The Labute approximate surface area is 141 Å². The molecule has 0 spiro atoms. The zero-order chi connectivity index (χ0) is 17.0. The Morgan fingerprint density at radius 3 is 2.39 bits per heavy atom. The summed E-state index contributed by atoms with van der Waals surface area (Å²) >= 11 is 5.95. The summed E-state index contributed by atoms with van der Waals surface area (Å²) in [4.78, 5) is 12.2. The van der Waals surface area contributed by atoms with E-state index in [9.17, 15) is 13.2 Å². The second-order valence-corrected chi connectivity index (χ2v) is 8.09. The molecule has 6 heteroatoms. The van der Waals surface area contributed by atoms with Gasteiger partial charge in [0.1, 0.15) is 0 Å². The second kappa shape index (κ2) is 7.15. The van der Waals surface area contributed by atoms with Crippen LogP contribution in [0.15, 0.2) is 48.5 Å². The van der Waals surface area contributed by atoms with E-state index in [1.807, 2.05) is 25.1 Å². The molecular weight excluding hydrogens is 334 g/mol. The SMILES string of the molecule is C[C@H](NC(=O)c1ccc(CS(C)(=O)=O)cc1)c1cccc(Cl)c1. The van der Waals surface area contributed by atoms with Crippen molar-refractivity contribution in [2.45, 2.75) is 18.7 Å². The highest BCUT2D eigenvalue weighted by atomic mass is 35.5. The van der Waals surface area contributed by atoms with E-state index in [1.54, 1.807) is 30.3 Å². The molecule has 0 bridgehead atoms. The maximum absolute atomic E-state index is 12.2. The van der Waals surface area contributed by atoms with Gasteiger partial charge in [-0.2, -0.15) is 0 Å². The molecule has 4 nitrogen and oxygen atoms in total. The average molecular weight is 352 g/mol. The summed E-state index contributed by atoms with van der Waals surface area (Å²) in [6.07, 6.45) is 1.18. The van der Waals surface area contributed by atoms with Crippen molar-refractivity contribution in [1.82, 2.24) is 5.32 Å². The molecule has 23 heavy (non-hydrogen) atoms. The minimum absolute atomic E-state index is 0.0339. The first-order chi connectivity index (χ1) is 10.7. The largest absolute Gasteiger partial charge is 0.346 e. The predicted molar refractivity (Wildman–Crippen MR) is 92.3 cm³/mol. The van der Waals surface area contributed by atoms with Crippen LogP contribution in [0, 0.1) is 0 Å². The topological polar surface area (TPSA) is 63.2 Å². The smallest absolute Gasteiger partial charge is 0.251 e. The normalized spacial score (nSPS) is 12.7. The Balaban J connectivity index is 2.06. The molecule has 0 fully saturated rings. The highest BCUT2D eigenvalue weighted by Gasteiger charge is 2.12. The molecule has 122 valence electrons. The number of sulfone groups is 1. The van der Waals surface area contributed by atoms with Gasteiger partial charge < -0.3 is 5.32 Å². The van der Waals surface area contributed by atoms with Gasteiger partial charge in [-0.05, 0) is 42.3 Å². The van der Waals surface area contributed by atoms with Crippen LogP contribution in [-0.2, 0) is 15.6 Å². The van der Waals surface area contributed by atoms with Crippen LogP contribution >= 0.6 is 11.6 Å². The molecule has 0 aromatic heterocycles. The lowest BCUT2D eigenvalue weighted by atomic mass is 10.1. The molecular formula is C17H18ClNO3S. The fourth-order valence-electron chi connectivity index (χ4n) is 2.19. The van der Waals surface area contributed by atoms with Crippen molar-refractivity contribution in [2.75, 3.05) is 6.26 Å². The van der Waals surface area contributed by atoms with E-state index >= 15 is 0 Å². The van der Waals surface area contributed by atoms with Crippen molar-refractivity contribution >= 4 is 27.3 Å². The summed E-state index contributed by atoms with van der Waals surface area (Å²) in [6, 6.07) is 13.7. The molecule has 0 radical (unpaired) electrons. The molecule has 2 aromatic rings. The Morgan fingerprint density at radius 1 is 1.17 bits per heavy atom. The maximum atomic E-state index is 12.2. The molecule has 1 N–H and O–H groups in total. The van der Waals surface area contributed by atoms with Gasteiger partial charge in [-0.1, -0.05) is 35.9 Å². The molecule has 2 aromatic carbocycles. The van der Waals surface area contributed by atoms with Gasteiger partial charge >= 0.3 is 0 Å². The molecule has 0 aliphatic rings. The maximum Gasteiger partial charge on any atom is 0.251 e. The number of amides is 1. The zero-order valence-electron chi connectivity index (χ0n) is 12.9. The standard InChI is InChI=1S/C17H18ClNO3S/c1-12(15-4-3-5-16(18)10-15)19-17(20)14-8-6-13(7-9-14)11-23(2,21)22/h3-10,12H,11H2,1-2H3,(H,19,20)/t12-/m0/s1. The molecule has 1 amide bonds. The highest BCUT2D eigenvalue weighted by molar-refractivity contribution is 7.89. The van der Waals surface area contributed by atoms with Crippen LogP contribution in [0.4, 0.5) is 0 Å². The van der Waals surface area contributed by atoms with E-state index in [1.165, 1.54) is 6.26 Å². The lowest BCUT2D eigenvalue weighted by Gasteiger charge is -2.15. The summed E-state index contributed by atoms with van der Waals surface area (Å²) in [7, 11) is -3.08. The van der Waals surface area contributed by atoms with E-state index in [0.29, 0.717) is 16.1 Å². The lowest BCUT2D eigenvalue weighted by Crippen LogP contribution is -2.26. The predicted octanol–water partition coefficient (Wildman–Crippen LogP) is 3.38. The first-order valence-electron chi connectivity index (χ1n) is 7.07. The molecule has 0 unspecified atom stereocenters. The van der Waals surface area contributed by atoms with Gasteiger partial charge in [0.05, 0.1) is 11.8 Å². The zero-order valence-corrected chi connectivity index (χ0v) is 14.5. The van der Waals surface area contributed by atoms with Crippen LogP contribution in [-0.4, -0.2) is 20.6 Å². The van der Waals surface area contributed by atoms with Crippen LogP contribution in [0.2, 0.25) is 5.02 Å². The third-order valence-corrected chi connectivity index (χ3v) is 4.43. The van der Waals surface area contributed by atoms with E-state index in [2.05, 4.69) is 5.32 Å². The average Bonchev–Trinajstić information content (AvgIpc) is 2.46. The molecule has 0 saturated heterocycles. The molecule has 1 atom stereocenters. The number of rotatable bonds is 5. The third-order valence-electron chi connectivity index (χ3n) is 3.34. The highest BCUT2D eigenvalue weighted by Crippen LogP contribution is 2.18. The molecule has 0 heterocycles. The van der Waals surface area contributed by atoms with Gasteiger partial charge in [0.25, 0.3) is 5.91 Å². The summed E-state index contributed by atoms with van der Waals surface area (Å²) in [5.41, 5.74) is 2.06. The van der Waals surface area contributed by atoms with Gasteiger partial charge in [0.2, 0.25) is 0 Å². The number of benzene rings is 2. The monoisotopic (exact) mass is 351 g/mol. The Morgan fingerprint density at radius 2 is 1.83 bits per heavy atom. The Bertz CT molecular complexity index is 801. The quantitative estimate of drug-likeness (QED) is 0.898. The van der Waals surface area contributed by atoms with Crippen LogP contribution in [0.3, 0.4) is 0 Å². The summed E-state index contributed by atoms with van der Waals surface area (Å²) in [5, 5.41) is 3.51. The Hall–Kier alpha value is -1.85. The van der Waals surface area contributed by atoms with Crippen molar-refractivity contribution in [2.24, 2.45) is 0 Å². The summed E-state index contributed by atoms with van der Waals surface area (Å²) in [5.74, 6) is -0.253. The third kappa shape index (κ3) is 5.37. The lowest BCUT2D eigenvalue weighted by molar-refractivity contribution is 0.0940. The van der Waals surface area contributed by atoms with Gasteiger partial charge in [-0.15, -0.1) is 0 Å². The van der Waals surface area contributed by atoms with E-state index in [-0.39, 0.29) is 17.7 Å². The Kier molecular flexibility index (Phi) is 5.44. The number of hydrogen-bond acceptors (Lipinski definition) is 3. The van der Waals surface area contributed by atoms with E-state index in [0.717, 1.165) is 5.56 Å². The van der Waals surface area contributed by atoms with Crippen LogP contribution < -0.4 is 5.32 Å². The number of hydrogen-bond donors (Lipinski definition) is 1. The molecule has 2 rings (SSSR count). The number of halogens is 1. The molecule has 0 aliphatic heterocycles. The fraction of sp³-hybridized carbons (Fsp3) is 0.235. The van der Waals surface area contributed by atoms with Crippen LogP contribution in [0.1, 0.15) is 34.5 Å². The number of nitrogens with one attached hydrogen (secondary N) is 1. The molecule has 0 aliphatic carbocycles. The summed E-state index contributed by atoms with van der Waals surface area (Å²) in [6.45, 7) is 1.88. The first kappa shape index (κ1) is 17.5. The minimum atomic E-state index is -3.08.